The zero-order valence-electron chi connectivity index (χ0n) is 11.1. The van der Waals surface area contributed by atoms with Crippen LogP contribution in [0.1, 0.15) is 12.5 Å². The summed E-state index contributed by atoms with van der Waals surface area (Å²) in [5.41, 5.74) is 1.21. The molecule has 0 aliphatic carbocycles. The SMILES string of the molecule is CC(=NOS(=O)(=O)I)c1ccc(Oc2ccccc2)cc1. The van der Waals surface area contributed by atoms with Crippen molar-refractivity contribution in [1.29, 1.82) is 0 Å². The summed E-state index contributed by atoms with van der Waals surface area (Å²) >= 11 is 1.17. The molecular formula is C14H12INO4S. The number of rotatable bonds is 5. The van der Waals surface area contributed by atoms with Crippen LogP contribution in [0.4, 0.5) is 0 Å². The molecule has 0 amide bonds. The summed E-state index contributed by atoms with van der Waals surface area (Å²) in [6.07, 6.45) is 0. The van der Waals surface area contributed by atoms with Crippen molar-refractivity contribution in [3.05, 3.63) is 60.2 Å². The predicted octanol–water partition coefficient (Wildman–Crippen LogP) is 3.90. The number of oxime groups is 1. The molecule has 0 atom stereocenters. The van der Waals surface area contributed by atoms with Crippen LogP contribution in [0.2, 0.25) is 0 Å². The quantitative estimate of drug-likeness (QED) is 0.321. The Kier molecular flexibility index (Phi) is 5.18. The molecule has 5 nitrogen and oxygen atoms in total. The van der Waals surface area contributed by atoms with Gasteiger partial charge in [-0.1, -0.05) is 23.4 Å². The Morgan fingerprint density at radius 1 is 1.00 bits per heavy atom. The van der Waals surface area contributed by atoms with E-state index in [2.05, 4.69) is 9.44 Å². The van der Waals surface area contributed by atoms with E-state index in [1.54, 1.807) is 31.2 Å². The van der Waals surface area contributed by atoms with E-state index in [1.807, 2.05) is 30.3 Å². The van der Waals surface area contributed by atoms with Crippen molar-refractivity contribution in [3.63, 3.8) is 0 Å². The summed E-state index contributed by atoms with van der Waals surface area (Å²) in [7, 11) is -3.62. The van der Waals surface area contributed by atoms with Gasteiger partial charge in [-0.2, -0.15) is 8.42 Å². The molecule has 0 heterocycles. The first-order valence-corrected chi connectivity index (χ1v) is 9.90. The molecule has 21 heavy (non-hydrogen) atoms. The molecule has 2 aromatic carbocycles. The molecule has 0 N–H and O–H groups in total. The second-order valence-electron chi connectivity index (χ2n) is 4.08. The Balaban J connectivity index is 2.08. The summed E-state index contributed by atoms with van der Waals surface area (Å²) in [5.74, 6) is 1.43. The highest BCUT2D eigenvalue weighted by Crippen LogP contribution is 2.21. The molecule has 0 aromatic heterocycles. The van der Waals surface area contributed by atoms with E-state index in [0.29, 0.717) is 11.5 Å². The van der Waals surface area contributed by atoms with Crippen LogP contribution < -0.4 is 4.74 Å². The second-order valence-corrected chi connectivity index (χ2v) is 8.26. The van der Waals surface area contributed by atoms with Gasteiger partial charge in [0.05, 0.1) is 5.71 Å². The summed E-state index contributed by atoms with van der Waals surface area (Å²) in [6, 6.07) is 16.5. The minimum absolute atomic E-state index is 0.460. The molecule has 0 spiro atoms. The van der Waals surface area contributed by atoms with Crippen molar-refractivity contribution < 1.29 is 17.4 Å². The molecule has 0 fully saturated rings. The minimum Gasteiger partial charge on any atom is -0.457 e. The lowest BCUT2D eigenvalue weighted by Crippen LogP contribution is -1.98. The van der Waals surface area contributed by atoms with E-state index in [1.165, 1.54) is 21.2 Å². The van der Waals surface area contributed by atoms with Gasteiger partial charge in [0.1, 0.15) is 32.7 Å². The number of benzene rings is 2. The summed E-state index contributed by atoms with van der Waals surface area (Å²) in [5, 5.41) is 3.56. The number of para-hydroxylation sites is 1. The smallest absolute Gasteiger partial charge is 0.383 e. The van der Waals surface area contributed by atoms with Crippen molar-refractivity contribution in [2.24, 2.45) is 5.16 Å². The Bertz CT molecular complexity index is 727. The van der Waals surface area contributed by atoms with Crippen LogP contribution in [0.3, 0.4) is 0 Å². The standard InChI is InChI=1S/C14H12INO4S/c1-11(16-20-21(15,17)18)12-7-9-14(10-8-12)19-13-5-3-2-4-6-13/h2-10H,1H3. The van der Waals surface area contributed by atoms with Crippen LogP contribution in [0.15, 0.2) is 59.8 Å². The van der Waals surface area contributed by atoms with Gasteiger partial charge in [-0.15, -0.1) is 0 Å². The van der Waals surface area contributed by atoms with Gasteiger partial charge in [-0.3, -0.25) is 4.28 Å². The van der Waals surface area contributed by atoms with Gasteiger partial charge in [0, 0.05) is 0 Å². The lowest BCUT2D eigenvalue weighted by Gasteiger charge is -2.06. The van der Waals surface area contributed by atoms with Gasteiger partial charge < -0.3 is 4.74 Å². The molecular weight excluding hydrogens is 405 g/mol. The van der Waals surface area contributed by atoms with Crippen molar-refractivity contribution in [1.82, 2.24) is 0 Å². The van der Waals surface area contributed by atoms with Gasteiger partial charge in [-0.25, -0.2) is 0 Å². The molecule has 0 aliphatic heterocycles. The molecule has 0 saturated heterocycles. The largest absolute Gasteiger partial charge is 0.457 e. The highest BCUT2D eigenvalue weighted by atomic mass is 127. The van der Waals surface area contributed by atoms with E-state index >= 15 is 0 Å². The summed E-state index contributed by atoms with van der Waals surface area (Å²) < 4.78 is 31.8. The van der Waals surface area contributed by atoms with Crippen molar-refractivity contribution >= 4 is 34.2 Å². The third-order valence-electron chi connectivity index (χ3n) is 2.51. The predicted molar refractivity (Wildman–Crippen MR) is 89.2 cm³/mol. The number of nitrogens with zero attached hydrogens (tertiary/aromatic N) is 1. The van der Waals surface area contributed by atoms with E-state index in [0.717, 1.165) is 11.3 Å². The summed E-state index contributed by atoms with van der Waals surface area (Å²) in [6.45, 7) is 1.66. The molecule has 2 aromatic rings. The van der Waals surface area contributed by atoms with Gasteiger partial charge >= 0.3 is 7.29 Å². The molecule has 110 valence electrons. The zero-order valence-corrected chi connectivity index (χ0v) is 14.0. The number of halogens is 1. The van der Waals surface area contributed by atoms with Crippen LogP contribution in [0, 0.1) is 0 Å². The molecule has 7 heteroatoms. The number of ether oxygens (including phenoxy) is 1. The van der Waals surface area contributed by atoms with Crippen LogP contribution in [-0.4, -0.2) is 14.1 Å². The Labute approximate surface area is 135 Å². The Morgan fingerprint density at radius 3 is 2.14 bits per heavy atom. The van der Waals surface area contributed by atoms with E-state index in [4.69, 9.17) is 4.74 Å². The molecule has 0 bridgehead atoms. The fourth-order valence-corrected chi connectivity index (χ4v) is 1.98. The highest BCUT2D eigenvalue weighted by Gasteiger charge is 2.05. The first-order chi connectivity index (χ1) is 9.94. The van der Waals surface area contributed by atoms with Crippen molar-refractivity contribution in [2.75, 3.05) is 0 Å². The third kappa shape index (κ3) is 5.35. The fraction of sp³-hybridized carbons (Fsp3) is 0.0714. The molecule has 2 rings (SSSR count). The lowest BCUT2D eigenvalue weighted by atomic mass is 10.1. The second kappa shape index (κ2) is 6.90. The van der Waals surface area contributed by atoms with Crippen LogP contribution >= 0.6 is 21.2 Å². The lowest BCUT2D eigenvalue weighted by molar-refractivity contribution is 0.353. The summed E-state index contributed by atoms with van der Waals surface area (Å²) in [4.78, 5) is 0. The van der Waals surface area contributed by atoms with Crippen molar-refractivity contribution in [2.45, 2.75) is 6.92 Å². The maximum absolute atomic E-state index is 10.9. The first-order valence-electron chi connectivity index (χ1n) is 5.95. The van der Waals surface area contributed by atoms with E-state index in [9.17, 15) is 8.42 Å². The fourth-order valence-electron chi connectivity index (χ4n) is 1.54. The maximum atomic E-state index is 10.9. The first kappa shape index (κ1) is 15.8. The molecule has 0 aliphatic rings. The number of hydrogen-bond acceptors (Lipinski definition) is 5. The van der Waals surface area contributed by atoms with E-state index < -0.39 is 7.29 Å². The normalized spacial score (nSPS) is 12.0. The van der Waals surface area contributed by atoms with Gasteiger partial charge in [0.2, 0.25) is 0 Å². The average Bonchev–Trinajstić information content (AvgIpc) is 2.46. The van der Waals surface area contributed by atoms with Crippen LogP contribution in [0.5, 0.6) is 11.5 Å². The molecule has 0 radical (unpaired) electrons. The number of hydrogen-bond donors (Lipinski definition) is 0. The van der Waals surface area contributed by atoms with E-state index in [-0.39, 0.29) is 0 Å². The molecule has 0 saturated carbocycles. The monoisotopic (exact) mass is 417 g/mol. The average molecular weight is 417 g/mol. The Hall–Kier alpha value is -1.61. The van der Waals surface area contributed by atoms with Crippen LogP contribution in [0.25, 0.3) is 0 Å². The minimum atomic E-state index is -3.62. The maximum Gasteiger partial charge on any atom is 0.383 e. The van der Waals surface area contributed by atoms with Gasteiger partial charge in [0.15, 0.2) is 0 Å². The van der Waals surface area contributed by atoms with Crippen molar-refractivity contribution in [3.8, 4) is 11.5 Å². The van der Waals surface area contributed by atoms with Gasteiger partial charge in [0.25, 0.3) is 0 Å². The van der Waals surface area contributed by atoms with Crippen LogP contribution in [-0.2, 0) is 11.6 Å². The highest BCUT2D eigenvalue weighted by molar-refractivity contribution is 14.2. The molecule has 0 unspecified atom stereocenters. The Morgan fingerprint density at radius 2 is 1.57 bits per heavy atom. The topological polar surface area (TPSA) is 65.0 Å². The third-order valence-corrected chi connectivity index (χ3v) is 3.25. The zero-order chi connectivity index (χ0) is 15.3. The van der Waals surface area contributed by atoms with Gasteiger partial charge in [-0.05, 0) is 48.9 Å².